The zero-order valence-electron chi connectivity index (χ0n) is 15.2. The van der Waals surface area contributed by atoms with Gasteiger partial charge in [-0.05, 0) is 42.8 Å². The molecule has 28 heavy (non-hydrogen) atoms. The lowest BCUT2D eigenvalue weighted by molar-refractivity contribution is -0.113. The Balaban J connectivity index is 1.54. The van der Waals surface area contributed by atoms with E-state index < -0.39 is 0 Å². The maximum Gasteiger partial charge on any atom is 0.234 e. The number of carbonyl (C=O) groups excluding carboxylic acids is 1. The maximum atomic E-state index is 12.3. The molecule has 0 atom stereocenters. The van der Waals surface area contributed by atoms with Crippen LogP contribution in [0.5, 0.6) is 5.75 Å². The van der Waals surface area contributed by atoms with Gasteiger partial charge in [-0.15, -0.1) is 0 Å². The minimum Gasteiger partial charge on any atom is -0.497 e. The molecule has 0 saturated carbocycles. The molecule has 142 valence electrons. The van der Waals surface area contributed by atoms with Gasteiger partial charge in [-0.25, -0.2) is 9.97 Å². The van der Waals surface area contributed by atoms with E-state index in [9.17, 15) is 4.79 Å². The normalized spacial score (nSPS) is 11.1. The van der Waals surface area contributed by atoms with E-state index in [1.54, 1.807) is 13.2 Å². The number of H-pyrrole nitrogens is 1. The summed E-state index contributed by atoms with van der Waals surface area (Å²) in [5.41, 5.74) is 4.19. The Bertz CT molecular complexity index is 1190. The lowest BCUT2D eigenvalue weighted by Gasteiger charge is -2.07. The number of hydrogen-bond acceptors (Lipinski definition) is 5. The highest BCUT2D eigenvalue weighted by Crippen LogP contribution is 2.31. The molecule has 2 N–H and O–H groups in total. The molecular weight excluding hydrogens is 396 g/mol. The molecule has 0 aliphatic rings. The van der Waals surface area contributed by atoms with Crippen LogP contribution in [0.3, 0.4) is 0 Å². The van der Waals surface area contributed by atoms with E-state index in [2.05, 4.69) is 20.3 Å². The average molecular weight is 413 g/mol. The van der Waals surface area contributed by atoms with Crippen molar-refractivity contribution in [1.29, 1.82) is 0 Å². The van der Waals surface area contributed by atoms with Crippen LogP contribution in [0.15, 0.2) is 47.8 Å². The van der Waals surface area contributed by atoms with Crippen molar-refractivity contribution in [2.45, 2.75) is 11.9 Å². The Kier molecular flexibility index (Phi) is 5.11. The van der Waals surface area contributed by atoms with Crippen molar-refractivity contribution in [2.75, 3.05) is 18.2 Å². The maximum absolute atomic E-state index is 12.3. The van der Waals surface area contributed by atoms with E-state index in [4.69, 9.17) is 16.3 Å². The number of aromatic nitrogens is 3. The summed E-state index contributed by atoms with van der Waals surface area (Å²) in [5.74, 6) is 0.850. The van der Waals surface area contributed by atoms with Crippen LogP contribution in [0, 0.1) is 6.92 Å². The Morgan fingerprint density at radius 2 is 2.11 bits per heavy atom. The number of halogens is 1. The number of nitrogens with one attached hydrogen (secondary N) is 2. The highest BCUT2D eigenvalue weighted by molar-refractivity contribution is 8.00. The van der Waals surface area contributed by atoms with Gasteiger partial charge in [0.05, 0.1) is 18.4 Å². The number of aromatic amines is 1. The third-order valence-corrected chi connectivity index (χ3v) is 5.75. The van der Waals surface area contributed by atoms with E-state index in [1.165, 1.54) is 18.1 Å². The van der Waals surface area contributed by atoms with Crippen LogP contribution in [0.2, 0.25) is 5.02 Å². The summed E-state index contributed by atoms with van der Waals surface area (Å²) in [6.07, 6.45) is 1.51. The van der Waals surface area contributed by atoms with Gasteiger partial charge in [-0.2, -0.15) is 0 Å². The molecular formula is C20H17ClN4O2S. The molecule has 0 saturated heterocycles. The number of methoxy groups -OCH3 is 1. The van der Waals surface area contributed by atoms with Gasteiger partial charge in [-0.3, -0.25) is 4.79 Å². The zero-order valence-corrected chi connectivity index (χ0v) is 16.8. The Morgan fingerprint density at radius 1 is 1.25 bits per heavy atom. The SMILES string of the molecule is COc1ccc2[nH]c3c(SCC(=O)Nc4ccc(C)c(Cl)c4)ncnc3c2c1. The first-order chi connectivity index (χ1) is 13.5. The van der Waals surface area contributed by atoms with Crippen molar-refractivity contribution in [2.24, 2.45) is 0 Å². The van der Waals surface area contributed by atoms with E-state index in [0.717, 1.165) is 38.3 Å². The number of nitrogens with zero attached hydrogens (tertiary/aromatic N) is 2. The molecule has 0 radical (unpaired) electrons. The summed E-state index contributed by atoms with van der Waals surface area (Å²) < 4.78 is 5.30. The summed E-state index contributed by atoms with van der Waals surface area (Å²) in [4.78, 5) is 24.4. The molecule has 1 amide bonds. The molecule has 2 aromatic heterocycles. The molecule has 0 fully saturated rings. The predicted octanol–water partition coefficient (Wildman–Crippen LogP) is 4.81. The van der Waals surface area contributed by atoms with Gasteiger partial charge in [0, 0.05) is 21.6 Å². The second-order valence-electron chi connectivity index (χ2n) is 6.24. The van der Waals surface area contributed by atoms with E-state index in [1.807, 2.05) is 37.3 Å². The average Bonchev–Trinajstić information content (AvgIpc) is 3.07. The van der Waals surface area contributed by atoms with Gasteiger partial charge in [0.2, 0.25) is 5.91 Å². The fourth-order valence-electron chi connectivity index (χ4n) is 2.89. The number of amides is 1. The van der Waals surface area contributed by atoms with E-state index >= 15 is 0 Å². The molecule has 4 rings (SSSR count). The highest BCUT2D eigenvalue weighted by atomic mass is 35.5. The number of carbonyl (C=O) groups is 1. The van der Waals surface area contributed by atoms with Crippen molar-refractivity contribution in [1.82, 2.24) is 15.0 Å². The smallest absolute Gasteiger partial charge is 0.234 e. The Morgan fingerprint density at radius 3 is 2.89 bits per heavy atom. The molecule has 0 aliphatic heterocycles. The second kappa shape index (κ2) is 7.69. The molecule has 2 heterocycles. The molecule has 0 unspecified atom stereocenters. The van der Waals surface area contributed by atoms with Crippen LogP contribution >= 0.6 is 23.4 Å². The number of anilines is 1. The van der Waals surface area contributed by atoms with Crippen LogP contribution in [0.4, 0.5) is 5.69 Å². The monoisotopic (exact) mass is 412 g/mol. The Labute approximate surface area is 170 Å². The molecule has 2 aromatic carbocycles. The number of rotatable bonds is 5. The van der Waals surface area contributed by atoms with Crippen LogP contribution in [-0.4, -0.2) is 33.7 Å². The van der Waals surface area contributed by atoms with Crippen LogP contribution in [-0.2, 0) is 4.79 Å². The molecule has 6 nitrogen and oxygen atoms in total. The summed E-state index contributed by atoms with van der Waals surface area (Å²) in [5, 5.41) is 5.15. The molecule has 0 bridgehead atoms. The third kappa shape index (κ3) is 3.63. The largest absolute Gasteiger partial charge is 0.497 e. The summed E-state index contributed by atoms with van der Waals surface area (Å²) in [7, 11) is 1.63. The lowest BCUT2D eigenvalue weighted by atomic mass is 10.2. The lowest BCUT2D eigenvalue weighted by Crippen LogP contribution is -2.14. The van der Waals surface area contributed by atoms with E-state index in [0.29, 0.717) is 10.7 Å². The first-order valence-corrected chi connectivity index (χ1v) is 9.91. The van der Waals surface area contributed by atoms with Gasteiger partial charge in [0.25, 0.3) is 0 Å². The number of fused-ring (bicyclic) bond motifs is 3. The van der Waals surface area contributed by atoms with Gasteiger partial charge in [0.1, 0.15) is 22.6 Å². The van der Waals surface area contributed by atoms with Crippen molar-refractivity contribution >= 4 is 56.9 Å². The van der Waals surface area contributed by atoms with Gasteiger partial charge < -0.3 is 15.0 Å². The summed E-state index contributed by atoms with van der Waals surface area (Å²) in [6.45, 7) is 1.92. The first kappa shape index (κ1) is 18.6. The molecule has 0 spiro atoms. The second-order valence-corrected chi connectivity index (χ2v) is 7.61. The van der Waals surface area contributed by atoms with Gasteiger partial charge in [-0.1, -0.05) is 29.4 Å². The number of aryl methyl sites for hydroxylation is 1. The minimum absolute atomic E-state index is 0.130. The molecule has 4 aromatic rings. The van der Waals surface area contributed by atoms with Gasteiger partial charge >= 0.3 is 0 Å². The van der Waals surface area contributed by atoms with Crippen LogP contribution in [0.25, 0.3) is 21.9 Å². The quantitative estimate of drug-likeness (QED) is 0.363. The fourth-order valence-corrected chi connectivity index (χ4v) is 3.82. The fraction of sp³-hybridized carbons (Fsp3) is 0.150. The van der Waals surface area contributed by atoms with Crippen molar-refractivity contribution in [3.05, 3.63) is 53.3 Å². The Hall–Kier alpha value is -2.77. The minimum atomic E-state index is -0.130. The van der Waals surface area contributed by atoms with Crippen molar-refractivity contribution in [3.63, 3.8) is 0 Å². The van der Waals surface area contributed by atoms with Crippen LogP contribution < -0.4 is 10.1 Å². The predicted molar refractivity (Wildman–Crippen MR) is 113 cm³/mol. The van der Waals surface area contributed by atoms with Crippen LogP contribution in [0.1, 0.15) is 5.56 Å². The highest BCUT2D eigenvalue weighted by Gasteiger charge is 2.13. The molecule has 0 aliphatic carbocycles. The van der Waals surface area contributed by atoms with E-state index in [-0.39, 0.29) is 11.7 Å². The number of hydrogen-bond donors (Lipinski definition) is 2. The summed E-state index contributed by atoms with van der Waals surface area (Å²) >= 11 is 7.46. The van der Waals surface area contributed by atoms with Crippen molar-refractivity contribution < 1.29 is 9.53 Å². The van der Waals surface area contributed by atoms with Gasteiger partial charge in [0.15, 0.2) is 0 Å². The number of benzene rings is 2. The standard InChI is InChI=1S/C20H17ClN4O2S/c1-11-3-4-12(7-15(11)21)24-17(26)9-28-20-19-18(22-10-23-20)14-8-13(27-2)5-6-16(14)25-19/h3-8,10,25H,9H2,1-2H3,(H,24,26). The zero-order chi connectivity index (χ0) is 19.7. The third-order valence-electron chi connectivity index (χ3n) is 4.35. The number of thioether (sulfide) groups is 1. The first-order valence-electron chi connectivity index (χ1n) is 8.54. The molecule has 8 heteroatoms. The topological polar surface area (TPSA) is 79.9 Å². The number of ether oxygens (including phenoxy) is 1. The summed E-state index contributed by atoms with van der Waals surface area (Å²) in [6, 6.07) is 11.2. The van der Waals surface area contributed by atoms with Crippen molar-refractivity contribution in [3.8, 4) is 5.75 Å².